The van der Waals surface area contributed by atoms with Gasteiger partial charge in [-0.2, -0.15) is 30.3 Å². The standard InChI is InChI=1S/C28H25F2N5O2S.2C27H24F2N6O2S.C26H22F2N8/c1-27(2)18-10-11-28(27,26-17(18)12-22(34-35-26)25-19(29)6-4-7-20(25)30)23-9-5-8-21(33-23)16-13-31-24(32-14-16)15-38(3,36)37;1-26(2)17-7-9-27(26,24-16(17)11-20(34-35-24)23-18(28)5-4-6-19(23)29)21-8-10-30-25(33-21)15-12-31-22(32-13-15)14-38(3,36)37;1-26(2)17-7-8-27(26,25-16(17)9-20(34-35-25)24-18(28)5-4-6-19(24)29)22-13-30-12-21(33-22)15-10-31-23(32-11-15)14-38(3,36)37;1-25(2)16-8-10-26(25,20-9-12-30-24(32-20)36-14-31-21(35-36)7-4-11-29)23-15(16)13-19(33-34-23)22-17(27)5-3-6-18(22)28/h4-9,12-14,18H,10-11,15H2,1-3H3;4-6,8,10-13,17H,7,9,14H2,1-3H3;4-6,9-13,17H,7-8,14H2,1-3H3;3,5-6,9,12-14,16H,4,7-8,10H2,1-2H3/t18-,28-;2*17-,27-;16-,26-/m0000/s1. The van der Waals surface area contributed by atoms with E-state index in [0.29, 0.717) is 58.5 Å². The second-order valence-corrected chi connectivity index (χ2v) is 48.2. The molecule has 0 unspecified atom stereocenters. The van der Waals surface area contributed by atoms with Crippen molar-refractivity contribution in [3.8, 4) is 90.9 Å². The van der Waals surface area contributed by atoms with Crippen LogP contribution in [-0.4, -0.2) is 164 Å². The molecular formula is C108H95F8N25O6S3. The van der Waals surface area contributed by atoms with Crippen LogP contribution in [0, 0.1) is 79.5 Å². The molecule has 8 atom stereocenters. The van der Waals surface area contributed by atoms with E-state index in [0.717, 1.165) is 138 Å². The fourth-order valence-electron chi connectivity index (χ4n) is 25.1. The second-order valence-electron chi connectivity index (χ2n) is 41.7. The molecule has 0 amide bonds. The van der Waals surface area contributed by atoms with Gasteiger partial charge in [-0.15, -0.1) is 25.5 Å². The van der Waals surface area contributed by atoms with Crippen LogP contribution in [-0.2, 0) is 74.9 Å². The Labute approximate surface area is 857 Å². The Balaban J connectivity index is 0.000000117. The van der Waals surface area contributed by atoms with Crippen molar-refractivity contribution in [2.75, 3.05) is 18.8 Å². The lowest BCUT2D eigenvalue weighted by atomic mass is 9.66. The first-order valence-corrected chi connectivity index (χ1v) is 54.6. The Bertz CT molecular complexity index is 7920. The van der Waals surface area contributed by atoms with Crippen LogP contribution in [0.3, 0.4) is 0 Å². The van der Waals surface area contributed by atoms with E-state index in [1.165, 1.54) is 89.9 Å². The third kappa shape index (κ3) is 16.8. The highest BCUT2D eigenvalue weighted by atomic mass is 32.2. The molecule has 8 aliphatic carbocycles. The number of aryl methyl sites for hydroxylation is 1. The number of aromatic nitrogens is 24. The first-order valence-electron chi connectivity index (χ1n) is 48.4. The fraction of sp³-hybridized carbons (Fsp3) is 0.333. The van der Waals surface area contributed by atoms with Crippen molar-refractivity contribution in [2.24, 2.45) is 21.7 Å². The Kier molecular flexibility index (Phi) is 25.0. The third-order valence-corrected chi connectivity index (χ3v) is 34.5. The lowest BCUT2D eigenvalue weighted by molar-refractivity contribution is 0.242. The molecule has 0 N–H and O–H groups in total. The molecule has 16 aromatic rings. The van der Waals surface area contributed by atoms with Gasteiger partial charge in [0.25, 0.3) is 5.95 Å². The van der Waals surface area contributed by atoms with Crippen molar-refractivity contribution < 1.29 is 60.4 Å². The van der Waals surface area contributed by atoms with Crippen molar-refractivity contribution >= 4 is 29.5 Å². The minimum Gasteiger partial charge on any atom is -0.261 e. The zero-order chi connectivity index (χ0) is 106. The third-order valence-electron chi connectivity index (χ3n) is 32.2. The van der Waals surface area contributed by atoms with Gasteiger partial charge in [0.1, 0.15) is 87.6 Å². The van der Waals surface area contributed by atoms with Gasteiger partial charge in [-0.3, -0.25) is 9.97 Å². The summed E-state index contributed by atoms with van der Waals surface area (Å²) in [6, 6.07) is 33.8. The average molecular weight is 2090 g/mol. The van der Waals surface area contributed by atoms with Gasteiger partial charge >= 0.3 is 0 Å². The van der Waals surface area contributed by atoms with E-state index in [4.69, 9.17) is 25.2 Å². The fourth-order valence-corrected chi connectivity index (χ4v) is 26.9. The van der Waals surface area contributed by atoms with Gasteiger partial charge in [-0.25, -0.2) is 120 Å². The molecule has 12 aromatic heterocycles. The molecule has 0 saturated heterocycles. The van der Waals surface area contributed by atoms with Crippen LogP contribution in [0.5, 0.6) is 0 Å². The number of fused-ring (bicyclic) bond motifs is 20. The second kappa shape index (κ2) is 37.2. The number of hydrogen-bond donors (Lipinski definition) is 0. The normalized spacial score (nSPS) is 21.4. The highest BCUT2D eigenvalue weighted by Crippen LogP contribution is 2.74. The summed E-state index contributed by atoms with van der Waals surface area (Å²) in [6.07, 6.45) is 28.5. The molecule has 8 aliphatic rings. The Morgan fingerprint density at radius 2 is 0.660 bits per heavy atom. The molecule has 4 saturated carbocycles. The zero-order valence-electron chi connectivity index (χ0n) is 82.9. The van der Waals surface area contributed by atoms with Crippen LogP contribution in [0.25, 0.3) is 84.9 Å². The molecule has 4 fully saturated rings. The van der Waals surface area contributed by atoms with E-state index in [2.05, 4.69) is 157 Å². The van der Waals surface area contributed by atoms with Crippen molar-refractivity contribution in [1.82, 2.24) is 120 Å². The van der Waals surface area contributed by atoms with Crippen molar-refractivity contribution in [3.63, 3.8) is 0 Å². The number of benzene rings is 4. The molecule has 4 aromatic carbocycles. The van der Waals surface area contributed by atoms with Crippen molar-refractivity contribution in [2.45, 2.75) is 182 Å². The minimum absolute atomic E-state index is 0.102. The van der Waals surface area contributed by atoms with Gasteiger partial charge in [0.05, 0.1) is 141 Å². The molecule has 8 bridgehead atoms. The molecule has 0 radical (unpaired) electrons. The van der Waals surface area contributed by atoms with Crippen LogP contribution in [0.2, 0.25) is 0 Å². The summed E-state index contributed by atoms with van der Waals surface area (Å²) in [5.41, 5.74) is 9.73. The van der Waals surface area contributed by atoms with Gasteiger partial charge in [-0.05, 0) is 216 Å². The topological polar surface area (TPSA) is 428 Å². The highest BCUT2D eigenvalue weighted by Gasteiger charge is 2.69. The Hall–Kier alpha value is -15.3. The van der Waals surface area contributed by atoms with Gasteiger partial charge in [0.15, 0.2) is 41.2 Å². The summed E-state index contributed by atoms with van der Waals surface area (Å²) in [5.74, 6) is -3.65. The summed E-state index contributed by atoms with van der Waals surface area (Å²) >= 11 is 0. The molecule has 0 spiro atoms. The molecule has 762 valence electrons. The number of pyridine rings is 1. The number of hydrogen-bond acceptors (Lipinski definition) is 30. The summed E-state index contributed by atoms with van der Waals surface area (Å²) in [6.45, 7) is 17.4. The molecule has 150 heavy (non-hydrogen) atoms. The van der Waals surface area contributed by atoms with Crippen LogP contribution >= 0.6 is 0 Å². The lowest BCUT2D eigenvalue weighted by Gasteiger charge is -2.37. The predicted molar refractivity (Wildman–Crippen MR) is 534 cm³/mol. The minimum atomic E-state index is -3.26. The Morgan fingerprint density at radius 1 is 0.340 bits per heavy atom. The summed E-state index contributed by atoms with van der Waals surface area (Å²) < 4.78 is 187. The summed E-state index contributed by atoms with van der Waals surface area (Å²) in [5, 5.41) is 48.6. The van der Waals surface area contributed by atoms with Crippen LogP contribution in [0.4, 0.5) is 35.1 Å². The molecule has 42 heteroatoms. The molecule has 31 nitrogen and oxygen atoms in total. The molecular weight excluding hydrogens is 1990 g/mol. The predicted octanol–water partition coefficient (Wildman–Crippen LogP) is 18.3. The maximum absolute atomic E-state index is 14.5. The van der Waals surface area contributed by atoms with Gasteiger partial charge in [0, 0.05) is 98.5 Å². The number of sulfone groups is 3. The highest BCUT2D eigenvalue weighted by molar-refractivity contribution is 7.90. The van der Waals surface area contributed by atoms with Gasteiger partial charge < -0.3 is 0 Å². The van der Waals surface area contributed by atoms with Crippen LogP contribution < -0.4 is 0 Å². The molecule has 0 aliphatic heterocycles. The Morgan fingerprint density at radius 3 is 1.02 bits per heavy atom. The summed E-state index contributed by atoms with van der Waals surface area (Å²) in [4.78, 5) is 62.5. The number of halogens is 8. The van der Waals surface area contributed by atoms with E-state index in [1.807, 2.05) is 30.3 Å². The van der Waals surface area contributed by atoms with Crippen molar-refractivity contribution in [3.05, 3.63) is 333 Å². The van der Waals surface area contributed by atoms with E-state index < -0.39 is 97.7 Å². The van der Waals surface area contributed by atoms with E-state index >= 15 is 0 Å². The quantitative estimate of drug-likeness (QED) is 0.0639. The van der Waals surface area contributed by atoms with E-state index in [-0.39, 0.29) is 125 Å². The lowest BCUT2D eigenvalue weighted by Crippen LogP contribution is -2.38. The first kappa shape index (κ1) is 101. The van der Waals surface area contributed by atoms with Gasteiger partial charge in [-0.1, -0.05) is 85.7 Å². The molecule has 12 heterocycles. The maximum Gasteiger partial charge on any atom is 0.252 e. The average Bonchev–Trinajstić information content (AvgIpc) is 1.53. The summed E-state index contributed by atoms with van der Waals surface area (Å²) in [7, 11) is -9.75. The smallest absolute Gasteiger partial charge is 0.252 e. The van der Waals surface area contributed by atoms with Crippen LogP contribution in [0.15, 0.2) is 196 Å². The van der Waals surface area contributed by atoms with Crippen LogP contribution in [0.1, 0.15) is 228 Å². The monoisotopic (exact) mass is 2090 g/mol. The number of nitrogens with zero attached hydrogens (tertiary/aromatic N) is 25. The number of rotatable bonds is 20. The van der Waals surface area contributed by atoms with Crippen molar-refractivity contribution in [1.29, 1.82) is 5.26 Å². The van der Waals surface area contributed by atoms with Gasteiger partial charge in [0.2, 0.25) is 0 Å². The maximum atomic E-state index is 14.5. The molecule has 24 rings (SSSR count). The van der Waals surface area contributed by atoms with E-state index in [9.17, 15) is 60.4 Å². The number of nitriles is 1. The SMILES string of the molecule is CC1(C)[C@H]2CC[C@]1(c1cccc(-c3cnc(CS(C)(=O)=O)nc3)n1)c1nnc(-c3c(F)cccc3F)cc12.CC1(C)[C@H]2CC[C@]1(c1ccnc(-c3cnc(CS(C)(=O)=O)nc3)n1)c1nnc(-c3c(F)cccc3F)cc12.CC1(C)[C@H]2CC[C@]1(c1ccnc(-n3cnc(CCC#N)n3)n1)c1nnc(-c3c(F)cccc3F)cc12.CC1(C)[C@H]2CC[C@]1(c1cncc(-c3cnc(CS(C)(=O)=O)nc3)n1)c1nnc(-c3c(F)cccc3F)cc12. The largest absolute Gasteiger partial charge is 0.261 e. The first-order chi connectivity index (χ1) is 71.4. The zero-order valence-corrected chi connectivity index (χ0v) is 85.3. The van der Waals surface area contributed by atoms with E-state index in [1.54, 1.807) is 80.2 Å².